The van der Waals surface area contributed by atoms with Crippen LogP contribution in [-0.4, -0.2) is 22.9 Å². The highest BCUT2D eigenvalue weighted by Crippen LogP contribution is 2.26. The lowest BCUT2D eigenvalue weighted by Gasteiger charge is -2.17. The van der Waals surface area contributed by atoms with Gasteiger partial charge in [-0.1, -0.05) is 13.0 Å². The number of hydrogen-bond donors (Lipinski definition) is 2. The van der Waals surface area contributed by atoms with E-state index in [1.54, 1.807) is 12.2 Å². The highest BCUT2D eigenvalue weighted by Gasteiger charge is 2.34. The standard InChI is InChI=1S/C12H19NO3/c1-4-6-7-10(14)13-9-8-12(3,5-2)16-11(9)15/h4,8,10,13-14H,1,5-7H2,2-3H3/t10?,12-/m0/s1. The SMILES string of the molecule is C=CCCC(O)NC1=C[C@](C)(CC)OC1=O. The Balaban J connectivity index is 2.57. The molecule has 4 nitrogen and oxygen atoms in total. The summed E-state index contributed by atoms with van der Waals surface area (Å²) >= 11 is 0. The molecule has 2 N–H and O–H groups in total. The summed E-state index contributed by atoms with van der Waals surface area (Å²) in [5, 5.41) is 12.3. The number of ether oxygens (including phenoxy) is 1. The van der Waals surface area contributed by atoms with Gasteiger partial charge in [0.1, 0.15) is 17.5 Å². The van der Waals surface area contributed by atoms with Gasteiger partial charge in [0.15, 0.2) is 0 Å². The quantitative estimate of drug-likeness (QED) is 0.408. The van der Waals surface area contributed by atoms with E-state index in [1.807, 2.05) is 13.8 Å². The third-order valence-corrected chi connectivity index (χ3v) is 2.66. The molecule has 1 aliphatic rings. The van der Waals surface area contributed by atoms with Crippen LogP contribution in [0.25, 0.3) is 0 Å². The van der Waals surface area contributed by atoms with Crippen LogP contribution in [0.2, 0.25) is 0 Å². The summed E-state index contributed by atoms with van der Waals surface area (Å²) in [6.07, 6.45) is 4.65. The molecule has 0 aromatic rings. The van der Waals surface area contributed by atoms with Crippen molar-refractivity contribution < 1.29 is 14.6 Å². The van der Waals surface area contributed by atoms with Crippen molar-refractivity contribution in [3.63, 3.8) is 0 Å². The topological polar surface area (TPSA) is 58.6 Å². The Morgan fingerprint density at radius 2 is 2.44 bits per heavy atom. The zero-order chi connectivity index (χ0) is 12.2. The largest absolute Gasteiger partial charge is 0.450 e. The Morgan fingerprint density at radius 1 is 1.75 bits per heavy atom. The minimum absolute atomic E-state index is 0.348. The van der Waals surface area contributed by atoms with E-state index in [-0.39, 0.29) is 0 Å². The molecule has 2 atom stereocenters. The molecular weight excluding hydrogens is 206 g/mol. The lowest BCUT2D eigenvalue weighted by molar-refractivity contribution is -0.146. The number of aliphatic hydroxyl groups is 1. The van der Waals surface area contributed by atoms with E-state index in [0.717, 1.165) is 0 Å². The van der Waals surface area contributed by atoms with Crippen LogP contribution >= 0.6 is 0 Å². The zero-order valence-electron chi connectivity index (χ0n) is 9.82. The molecule has 0 spiro atoms. The average molecular weight is 225 g/mol. The van der Waals surface area contributed by atoms with E-state index in [9.17, 15) is 9.90 Å². The monoisotopic (exact) mass is 225 g/mol. The lowest BCUT2D eigenvalue weighted by atomic mass is 10.0. The summed E-state index contributed by atoms with van der Waals surface area (Å²) in [4.78, 5) is 11.5. The number of carbonyl (C=O) groups excluding carboxylic acids is 1. The van der Waals surface area contributed by atoms with Gasteiger partial charge in [0.2, 0.25) is 0 Å². The van der Waals surface area contributed by atoms with Crippen LogP contribution in [0.3, 0.4) is 0 Å². The first-order valence-electron chi connectivity index (χ1n) is 5.52. The molecule has 1 unspecified atom stereocenters. The highest BCUT2D eigenvalue weighted by molar-refractivity contribution is 5.90. The van der Waals surface area contributed by atoms with E-state index in [2.05, 4.69) is 11.9 Å². The molecule has 1 aliphatic heterocycles. The van der Waals surface area contributed by atoms with E-state index in [4.69, 9.17) is 4.74 Å². The second-order valence-corrected chi connectivity index (χ2v) is 4.14. The van der Waals surface area contributed by atoms with Crippen molar-refractivity contribution in [2.75, 3.05) is 0 Å². The van der Waals surface area contributed by atoms with Crippen molar-refractivity contribution in [3.05, 3.63) is 24.4 Å². The first-order valence-corrected chi connectivity index (χ1v) is 5.52. The van der Waals surface area contributed by atoms with Gasteiger partial charge in [-0.15, -0.1) is 6.58 Å². The summed E-state index contributed by atoms with van der Waals surface area (Å²) in [6, 6.07) is 0. The van der Waals surface area contributed by atoms with Crippen molar-refractivity contribution in [1.82, 2.24) is 5.32 Å². The van der Waals surface area contributed by atoms with Gasteiger partial charge < -0.3 is 15.2 Å². The Morgan fingerprint density at radius 3 is 2.94 bits per heavy atom. The van der Waals surface area contributed by atoms with Gasteiger partial charge in [-0.25, -0.2) is 4.79 Å². The molecule has 4 heteroatoms. The third-order valence-electron chi connectivity index (χ3n) is 2.66. The van der Waals surface area contributed by atoms with Crippen molar-refractivity contribution in [3.8, 4) is 0 Å². The fourth-order valence-corrected chi connectivity index (χ4v) is 1.46. The molecule has 1 heterocycles. The lowest BCUT2D eigenvalue weighted by Crippen LogP contribution is -2.30. The van der Waals surface area contributed by atoms with Crippen LogP contribution in [0.15, 0.2) is 24.4 Å². The Labute approximate surface area is 96.0 Å². The molecule has 0 aliphatic carbocycles. The first kappa shape index (κ1) is 12.8. The number of aliphatic hydroxyl groups excluding tert-OH is 1. The average Bonchev–Trinajstić information content (AvgIpc) is 2.52. The summed E-state index contributed by atoms with van der Waals surface area (Å²) in [7, 11) is 0. The van der Waals surface area contributed by atoms with E-state index in [0.29, 0.717) is 25.0 Å². The molecule has 0 radical (unpaired) electrons. The first-order chi connectivity index (χ1) is 7.50. The number of allylic oxidation sites excluding steroid dienone is 1. The van der Waals surface area contributed by atoms with Crippen LogP contribution in [0.5, 0.6) is 0 Å². The zero-order valence-corrected chi connectivity index (χ0v) is 9.82. The summed E-state index contributed by atoms with van der Waals surface area (Å²) in [5.41, 5.74) is -0.196. The number of rotatable bonds is 6. The number of nitrogens with one attached hydrogen (secondary N) is 1. The third kappa shape index (κ3) is 3.10. The maximum atomic E-state index is 11.5. The van der Waals surface area contributed by atoms with Gasteiger partial charge in [-0.3, -0.25) is 0 Å². The van der Waals surface area contributed by atoms with Crippen molar-refractivity contribution in [1.29, 1.82) is 0 Å². The molecule has 90 valence electrons. The Kier molecular flexibility index (Phi) is 4.12. The molecule has 0 bridgehead atoms. The second-order valence-electron chi connectivity index (χ2n) is 4.14. The van der Waals surface area contributed by atoms with Crippen LogP contribution in [0.4, 0.5) is 0 Å². The molecule has 0 aromatic carbocycles. The predicted molar refractivity (Wildman–Crippen MR) is 61.4 cm³/mol. The van der Waals surface area contributed by atoms with Gasteiger partial charge in [0.05, 0.1) is 0 Å². The maximum Gasteiger partial charge on any atom is 0.355 e. The van der Waals surface area contributed by atoms with E-state index < -0.39 is 17.8 Å². The molecule has 0 fully saturated rings. The summed E-state index contributed by atoms with van der Waals surface area (Å²) < 4.78 is 5.19. The van der Waals surface area contributed by atoms with Crippen LogP contribution in [0, 0.1) is 0 Å². The van der Waals surface area contributed by atoms with Crippen LogP contribution in [-0.2, 0) is 9.53 Å². The van der Waals surface area contributed by atoms with Gasteiger partial charge >= 0.3 is 5.97 Å². The predicted octanol–water partition coefficient (Wildman–Crippen LogP) is 1.47. The van der Waals surface area contributed by atoms with Gasteiger partial charge in [-0.05, 0) is 32.3 Å². The van der Waals surface area contributed by atoms with E-state index in [1.165, 1.54) is 0 Å². The van der Waals surface area contributed by atoms with Gasteiger partial charge in [0.25, 0.3) is 0 Å². The minimum atomic E-state index is -0.740. The summed E-state index contributed by atoms with van der Waals surface area (Å²) in [5.74, 6) is -0.401. The normalized spacial score (nSPS) is 25.9. The smallest absolute Gasteiger partial charge is 0.355 e. The number of hydrogen-bond acceptors (Lipinski definition) is 4. The van der Waals surface area contributed by atoms with Crippen molar-refractivity contribution in [2.24, 2.45) is 0 Å². The number of cyclic esters (lactones) is 1. The molecule has 0 saturated carbocycles. The number of carbonyl (C=O) groups is 1. The molecule has 16 heavy (non-hydrogen) atoms. The summed E-state index contributed by atoms with van der Waals surface area (Å²) in [6.45, 7) is 7.36. The van der Waals surface area contributed by atoms with Gasteiger partial charge in [0, 0.05) is 0 Å². The minimum Gasteiger partial charge on any atom is -0.450 e. The van der Waals surface area contributed by atoms with E-state index >= 15 is 0 Å². The molecular formula is C12H19NO3. The van der Waals surface area contributed by atoms with Crippen molar-refractivity contribution >= 4 is 5.97 Å². The fourth-order valence-electron chi connectivity index (χ4n) is 1.46. The highest BCUT2D eigenvalue weighted by atomic mass is 16.6. The molecule has 0 saturated heterocycles. The molecule has 1 rings (SSSR count). The molecule has 0 aromatic heterocycles. The second kappa shape index (κ2) is 5.16. The molecule has 0 amide bonds. The maximum absolute atomic E-state index is 11.5. The fraction of sp³-hybridized carbons (Fsp3) is 0.583. The van der Waals surface area contributed by atoms with Gasteiger partial charge in [-0.2, -0.15) is 0 Å². The van der Waals surface area contributed by atoms with Crippen LogP contribution in [0.1, 0.15) is 33.1 Å². The van der Waals surface area contributed by atoms with Crippen LogP contribution < -0.4 is 5.32 Å². The Hall–Kier alpha value is -1.29. The van der Waals surface area contributed by atoms with Crippen molar-refractivity contribution in [2.45, 2.75) is 44.9 Å². The number of esters is 1. The Bertz CT molecular complexity index is 311.